The summed E-state index contributed by atoms with van der Waals surface area (Å²) >= 11 is 0. The Balaban J connectivity index is 0.944. The third kappa shape index (κ3) is 8.33. The summed E-state index contributed by atoms with van der Waals surface area (Å²) in [7, 11) is 0. The molecule has 0 aromatic heterocycles. The van der Waals surface area contributed by atoms with E-state index >= 15 is 0 Å². The van der Waals surface area contributed by atoms with Gasteiger partial charge in [-0.3, -0.25) is 4.79 Å². The molecule has 0 radical (unpaired) electrons. The molecule has 6 saturated heterocycles. The van der Waals surface area contributed by atoms with E-state index in [-0.39, 0.29) is 30.6 Å². The first-order valence-electron chi connectivity index (χ1n) is 25.5. The molecule has 30 atom stereocenters. The van der Waals surface area contributed by atoms with Crippen LogP contribution in [0, 0.1) is 46.3 Å². The number of hydrogen-bond acceptors (Lipinski definition) is 24. The molecule has 4 aliphatic carbocycles. The Morgan fingerprint density at radius 3 is 2.14 bits per heavy atom. The number of aliphatic hydroxyl groups excluding tert-OH is 12. The summed E-state index contributed by atoms with van der Waals surface area (Å²) < 4.78 is 61.3. The van der Waals surface area contributed by atoms with Crippen LogP contribution in [0.3, 0.4) is 0 Å². The number of carbonyl (C=O) groups excluding carboxylic acids is 1. The average molecular weight is 1040 g/mol. The Labute approximate surface area is 415 Å². The summed E-state index contributed by atoms with van der Waals surface area (Å²) in [5.74, 6) is -4.83. The average Bonchev–Trinajstić information content (AvgIpc) is 3.92. The first-order chi connectivity index (χ1) is 34.0. The topological polar surface area (TPSA) is 372 Å². The third-order valence-electron chi connectivity index (χ3n) is 18.8. The fraction of sp³-hybridized carbons (Fsp3) is 0.938. The molecule has 0 bridgehead atoms. The normalized spacial score (nSPS) is 57.6. The third-order valence-corrected chi connectivity index (χ3v) is 18.8. The van der Waals surface area contributed by atoms with Crippen molar-refractivity contribution in [3.05, 3.63) is 11.6 Å². The van der Waals surface area contributed by atoms with Gasteiger partial charge in [-0.2, -0.15) is 0 Å². The lowest BCUT2D eigenvalue weighted by atomic mass is 9.46. The highest BCUT2D eigenvalue weighted by atomic mass is 16.8. The molecule has 6 heterocycles. The van der Waals surface area contributed by atoms with E-state index in [0.29, 0.717) is 25.7 Å². The van der Waals surface area contributed by atoms with Gasteiger partial charge in [0.1, 0.15) is 78.8 Å². The van der Waals surface area contributed by atoms with Crippen LogP contribution < -0.4 is 0 Å². The maximum Gasteiger partial charge on any atom is 0.203 e. The van der Waals surface area contributed by atoms with Crippen molar-refractivity contribution in [3.8, 4) is 0 Å². The molecule has 0 amide bonds. The lowest BCUT2D eigenvalue weighted by molar-refractivity contribution is -0.387. The van der Waals surface area contributed by atoms with Crippen molar-refractivity contribution in [2.75, 3.05) is 39.6 Å². The summed E-state index contributed by atoms with van der Waals surface area (Å²) in [5.41, 5.74) is -2.83. The largest absolute Gasteiger partial charge is 0.396 e. The lowest BCUT2D eigenvalue weighted by Crippen LogP contribution is -2.66. The molecule has 3 saturated carbocycles. The number of hydrogen-bond donors (Lipinski definition) is 13. The van der Waals surface area contributed by atoms with Crippen LogP contribution in [0.2, 0.25) is 0 Å². The van der Waals surface area contributed by atoms with Crippen LogP contribution in [0.5, 0.6) is 0 Å². The number of ether oxygens (including phenoxy) is 10. The van der Waals surface area contributed by atoms with Gasteiger partial charge in [-0.1, -0.05) is 32.4 Å². The standard InChI is InChI=1S/C48H74O24/c1-17-12-66-48(39(60)29(17)54)23(11-49)28-36(72-48)32(57)27-21-6-5-19-9-20(51)10-26(46(19,4)22(21)7-8-45(27,28)3)68-43-38(35(25(53)14-64-43)69-41-33(58)31(56)24(52)13-63-41)71-42-34(59)37(30(55)18(2)67-42)70-44-40(61)47(62,15-50)16-65-44/h5,17-18,20-31,33-44,49-56,58-62H,6-16H2,1-4H3/t17-,18-,20+,21+,22-,23-,24+,25-,26+,27+,28-,29-,30-,31-,33+,34+,35-,36+,37+,38+,39-,40-,41-,42-,43-,44-,45-,46-,47+,48-/m0/s1. The van der Waals surface area contributed by atoms with Gasteiger partial charge in [0.05, 0.1) is 64.1 Å². The molecule has 6 aliphatic heterocycles. The van der Waals surface area contributed by atoms with Gasteiger partial charge in [-0.15, -0.1) is 0 Å². The minimum Gasteiger partial charge on any atom is -0.396 e. The second-order valence-corrected chi connectivity index (χ2v) is 22.9. The molecule has 13 N–H and O–H groups in total. The van der Waals surface area contributed by atoms with Crippen LogP contribution in [0.15, 0.2) is 11.6 Å². The number of aliphatic hydroxyl groups is 13. The second kappa shape index (κ2) is 19.7. The van der Waals surface area contributed by atoms with Crippen molar-refractivity contribution in [2.24, 2.45) is 46.3 Å². The van der Waals surface area contributed by atoms with Crippen molar-refractivity contribution in [2.45, 2.75) is 194 Å². The second-order valence-electron chi connectivity index (χ2n) is 22.9. The minimum absolute atomic E-state index is 0.0583. The van der Waals surface area contributed by atoms with E-state index in [0.717, 1.165) is 5.57 Å². The van der Waals surface area contributed by atoms with Crippen molar-refractivity contribution in [3.63, 3.8) is 0 Å². The fourth-order valence-electron chi connectivity index (χ4n) is 14.6. The first-order valence-corrected chi connectivity index (χ1v) is 25.5. The number of carbonyl (C=O) groups is 1. The van der Waals surface area contributed by atoms with Crippen LogP contribution in [0.1, 0.15) is 59.8 Å². The molecule has 24 heteroatoms. The van der Waals surface area contributed by atoms with Crippen LogP contribution in [-0.4, -0.2) is 246 Å². The Bertz CT molecular complexity index is 2000. The van der Waals surface area contributed by atoms with Gasteiger partial charge in [0, 0.05) is 35.5 Å². The Morgan fingerprint density at radius 1 is 0.736 bits per heavy atom. The Hall–Kier alpha value is -1.51. The van der Waals surface area contributed by atoms with E-state index in [1.165, 1.54) is 6.92 Å². The predicted octanol–water partition coefficient (Wildman–Crippen LogP) is -4.98. The van der Waals surface area contributed by atoms with Gasteiger partial charge in [0.15, 0.2) is 30.9 Å². The zero-order valence-corrected chi connectivity index (χ0v) is 40.7. The van der Waals surface area contributed by atoms with Gasteiger partial charge in [0.2, 0.25) is 5.79 Å². The molecule has 0 aromatic rings. The molecule has 24 nitrogen and oxygen atoms in total. The minimum atomic E-state index is -2.10. The molecular formula is C48H74O24. The van der Waals surface area contributed by atoms with E-state index in [9.17, 15) is 71.2 Å². The molecular weight excluding hydrogens is 961 g/mol. The highest BCUT2D eigenvalue weighted by molar-refractivity contribution is 5.90. The highest BCUT2D eigenvalue weighted by Gasteiger charge is 2.76. The molecule has 9 fully saturated rings. The van der Waals surface area contributed by atoms with Gasteiger partial charge >= 0.3 is 0 Å². The molecule has 10 rings (SSSR count). The summed E-state index contributed by atoms with van der Waals surface area (Å²) in [5, 5.41) is 142. The summed E-state index contributed by atoms with van der Waals surface area (Å²) in [6.45, 7) is 4.48. The molecule has 72 heavy (non-hydrogen) atoms. The lowest BCUT2D eigenvalue weighted by Gasteiger charge is -2.60. The number of rotatable bonds is 10. The van der Waals surface area contributed by atoms with E-state index in [4.69, 9.17) is 47.4 Å². The molecule has 10 aliphatic rings. The summed E-state index contributed by atoms with van der Waals surface area (Å²) in [6.07, 6.45) is -26.0. The van der Waals surface area contributed by atoms with E-state index < -0.39 is 202 Å². The monoisotopic (exact) mass is 1030 g/mol. The van der Waals surface area contributed by atoms with Gasteiger partial charge in [0.25, 0.3) is 0 Å². The van der Waals surface area contributed by atoms with Crippen molar-refractivity contribution in [1.29, 1.82) is 0 Å². The zero-order chi connectivity index (χ0) is 51.7. The van der Waals surface area contributed by atoms with Crippen LogP contribution in [0.25, 0.3) is 0 Å². The fourth-order valence-corrected chi connectivity index (χ4v) is 14.6. The summed E-state index contributed by atoms with van der Waals surface area (Å²) in [6, 6.07) is 0. The Morgan fingerprint density at radius 2 is 1.43 bits per heavy atom. The Kier molecular flexibility index (Phi) is 14.8. The quantitative estimate of drug-likeness (QED) is 0.0912. The smallest absolute Gasteiger partial charge is 0.203 e. The number of ketones is 1. The predicted molar refractivity (Wildman–Crippen MR) is 235 cm³/mol. The SMILES string of the molecule is C[C@@H]1O[C@@H](O[C@H]2[C@H](O[C@@H]3C[C@H](O)CC4=CC[C@H]5[C@@H]6C(=O)[C@@H]7O[C@@]8(OC[C@H](C)[C@H](O)[C@@H]8O)[C@@H](CO)[C@@H]7[C@@]6(C)CC[C@@H]5[C@]43C)OC[C@H](O)[C@@H]2O[C@@H]2OC[C@@H](O)[C@H](O)[C@H]2O)[C@H](O)[C@H](O[C@@H]2OC[C@](O)(CO)[C@H]2O)[C@H]1O. The van der Waals surface area contributed by atoms with Crippen LogP contribution >= 0.6 is 0 Å². The van der Waals surface area contributed by atoms with Gasteiger partial charge < -0.3 is 114 Å². The number of fused-ring (bicyclic) bond motifs is 7. The van der Waals surface area contributed by atoms with Gasteiger partial charge in [-0.05, 0) is 49.9 Å². The van der Waals surface area contributed by atoms with Crippen LogP contribution in [-0.2, 0) is 52.2 Å². The van der Waals surface area contributed by atoms with E-state index in [2.05, 4.69) is 0 Å². The van der Waals surface area contributed by atoms with E-state index in [1.54, 1.807) is 6.92 Å². The van der Waals surface area contributed by atoms with E-state index in [1.807, 2.05) is 19.9 Å². The first kappa shape index (κ1) is 53.9. The highest BCUT2D eigenvalue weighted by Crippen LogP contribution is 2.70. The molecule has 410 valence electrons. The summed E-state index contributed by atoms with van der Waals surface area (Å²) in [4.78, 5) is 15.0. The molecule has 1 spiro atoms. The molecule has 0 unspecified atom stereocenters. The van der Waals surface area contributed by atoms with Crippen molar-refractivity contribution < 1.29 is 119 Å². The molecule has 0 aromatic carbocycles. The zero-order valence-electron chi connectivity index (χ0n) is 40.7. The van der Waals surface area contributed by atoms with Crippen molar-refractivity contribution in [1.82, 2.24) is 0 Å². The van der Waals surface area contributed by atoms with Crippen molar-refractivity contribution >= 4 is 5.78 Å². The maximum absolute atomic E-state index is 15.0. The maximum atomic E-state index is 15.0. The number of Topliss-reactive ketones (excluding diaryl/α,β-unsaturated/α-hetero) is 1. The van der Waals surface area contributed by atoms with Crippen LogP contribution in [0.4, 0.5) is 0 Å². The number of allylic oxidation sites excluding steroid dienone is 1. The van der Waals surface area contributed by atoms with Gasteiger partial charge in [-0.25, -0.2) is 0 Å².